The van der Waals surface area contributed by atoms with Gasteiger partial charge in [0, 0.05) is 4.47 Å². The fraction of sp³-hybridized carbons (Fsp3) is 0.125. The number of carbonyl (C=O) groups excluding carboxylic acids is 1. The maximum absolute atomic E-state index is 13.8. The summed E-state index contributed by atoms with van der Waals surface area (Å²) in [4.78, 5) is 22.9. The van der Waals surface area contributed by atoms with Crippen molar-refractivity contribution in [3.63, 3.8) is 0 Å². The summed E-state index contributed by atoms with van der Waals surface area (Å²) >= 11 is 4.36. The molecule has 3 aromatic rings. The number of rotatable bonds is 5. The first kappa shape index (κ1) is 18.2. The molecule has 0 aliphatic rings. The van der Waals surface area contributed by atoms with Crippen LogP contribution in [-0.2, 0) is 6.54 Å². The monoisotopic (exact) mass is 438 g/mol. The molecular weight excluding hydrogens is 427 g/mol. The molecule has 134 valence electrons. The Kier molecular flexibility index (Phi) is 5.14. The van der Waals surface area contributed by atoms with Crippen LogP contribution < -0.4 is 5.32 Å². The Morgan fingerprint density at radius 3 is 2.85 bits per heavy atom. The quantitative estimate of drug-likeness (QED) is 0.473. The first-order chi connectivity index (χ1) is 12.3. The van der Waals surface area contributed by atoms with Gasteiger partial charge in [0.2, 0.25) is 0 Å². The van der Waals surface area contributed by atoms with E-state index in [1.54, 1.807) is 24.4 Å². The SMILES string of the molecule is Cc1cc([N+](=O)[O-])nn1Cc1csc(C(=O)Nc2ccc(Br)cc2F)c1. The molecule has 7 nitrogen and oxygen atoms in total. The molecule has 2 heterocycles. The number of halogens is 2. The molecule has 0 saturated heterocycles. The number of carbonyl (C=O) groups is 1. The molecule has 0 aliphatic heterocycles. The topological polar surface area (TPSA) is 90.1 Å². The van der Waals surface area contributed by atoms with E-state index < -0.39 is 16.6 Å². The molecule has 0 radical (unpaired) electrons. The van der Waals surface area contributed by atoms with Crippen molar-refractivity contribution in [1.82, 2.24) is 9.78 Å². The van der Waals surface area contributed by atoms with Crippen LogP contribution in [0.2, 0.25) is 0 Å². The molecule has 0 saturated carbocycles. The van der Waals surface area contributed by atoms with E-state index in [0.717, 1.165) is 5.56 Å². The van der Waals surface area contributed by atoms with E-state index in [0.29, 0.717) is 21.6 Å². The van der Waals surface area contributed by atoms with Crippen molar-refractivity contribution in [3.05, 3.63) is 72.3 Å². The highest BCUT2D eigenvalue weighted by Gasteiger charge is 2.17. The molecule has 0 unspecified atom stereocenters. The van der Waals surface area contributed by atoms with Gasteiger partial charge in [0.05, 0.1) is 34.0 Å². The summed E-state index contributed by atoms with van der Waals surface area (Å²) in [5.41, 5.74) is 1.51. The number of nitrogens with zero attached hydrogens (tertiary/aromatic N) is 3. The zero-order valence-electron chi connectivity index (χ0n) is 13.4. The van der Waals surface area contributed by atoms with E-state index in [2.05, 4.69) is 26.3 Å². The molecular formula is C16H12BrFN4O3S. The van der Waals surface area contributed by atoms with Crippen molar-refractivity contribution >= 4 is 44.7 Å². The molecule has 1 aromatic carbocycles. The third kappa shape index (κ3) is 3.97. The van der Waals surface area contributed by atoms with Gasteiger partial charge in [-0.3, -0.25) is 4.79 Å². The van der Waals surface area contributed by atoms with Gasteiger partial charge in [0.1, 0.15) is 5.82 Å². The van der Waals surface area contributed by atoms with Crippen LogP contribution in [0, 0.1) is 22.9 Å². The molecule has 0 spiro atoms. The average Bonchev–Trinajstić information content (AvgIpc) is 3.18. The molecule has 0 aliphatic carbocycles. The van der Waals surface area contributed by atoms with E-state index in [1.165, 1.54) is 34.2 Å². The van der Waals surface area contributed by atoms with Crippen LogP contribution in [0.5, 0.6) is 0 Å². The predicted octanol–water partition coefficient (Wildman–Crippen LogP) is 4.36. The Bertz CT molecular complexity index is 1000. The lowest BCUT2D eigenvalue weighted by molar-refractivity contribution is -0.389. The summed E-state index contributed by atoms with van der Waals surface area (Å²) in [6.07, 6.45) is 0. The first-order valence-corrected chi connectivity index (χ1v) is 9.03. The number of anilines is 1. The van der Waals surface area contributed by atoms with Crippen molar-refractivity contribution in [2.45, 2.75) is 13.5 Å². The first-order valence-electron chi connectivity index (χ1n) is 7.36. The maximum atomic E-state index is 13.8. The number of aryl methyl sites for hydroxylation is 1. The molecule has 1 N–H and O–H groups in total. The van der Waals surface area contributed by atoms with Crippen LogP contribution in [-0.4, -0.2) is 20.6 Å². The van der Waals surface area contributed by atoms with Gasteiger partial charge >= 0.3 is 5.82 Å². The summed E-state index contributed by atoms with van der Waals surface area (Å²) in [6.45, 7) is 2.02. The van der Waals surface area contributed by atoms with Gasteiger partial charge in [0.25, 0.3) is 5.91 Å². The summed E-state index contributed by atoms with van der Waals surface area (Å²) in [7, 11) is 0. The summed E-state index contributed by atoms with van der Waals surface area (Å²) in [6, 6.07) is 7.41. The van der Waals surface area contributed by atoms with Crippen molar-refractivity contribution in [3.8, 4) is 0 Å². The van der Waals surface area contributed by atoms with E-state index in [-0.39, 0.29) is 11.5 Å². The molecule has 0 fully saturated rings. The van der Waals surface area contributed by atoms with E-state index in [1.807, 2.05) is 0 Å². The third-order valence-corrected chi connectivity index (χ3v) is 5.02. The molecule has 26 heavy (non-hydrogen) atoms. The van der Waals surface area contributed by atoms with Crippen LogP contribution in [0.25, 0.3) is 0 Å². The molecule has 0 bridgehead atoms. The minimum atomic E-state index is -0.553. The zero-order chi connectivity index (χ0) is 18.8. The highest BCUT2D eigenvalue weighted by atomic mass is 79.9. The maximum Gasteiger partial charge on any atom is 0.390 e. The number of aromatic nitrogens is 2. The molecule has 3 rings (SSSR count). The number of benzene rings is 1. The van der Waals surface area contributed by atoms with E-state index >= 15 is 0 Å². The second kappa shape index (κ2) is 7.34. The Labute approximate surface area is 159 Å². The fourth-order valence-electron chi connectivity index (χ4n) is 2.27. The lowest BCUT2D eigenvalue weighted by atomic mass is 10.2. The minimum Gasteiger partial charge on any atom is -0.358 e. The lowest BCUT2D eigenvalue weighted by Gasteiger charge is -2.05. The summed E-state index contributed by atoms with van der Waals surface area (Å²) in [5, 5.41) is 19.0. The second-order valence-electron chi connectivity index (χ2n) is 5.46. The standard InChI is InChI=1S/C16H12BrFN4O3S/c1-9-4-15(22(24)25)20-21(9)7-10-5-14(26-8-10)16(23)19-13-3-2-11(17)6-12(13)18/h2-6,8H,7H2,1H3,(H,19,23). The highest BCUT2D eigenvalue weighted by Crippen LogP contribution is 2.22. The van der Waals surface area contributed by atoms with Crippen molar-refractivity contribution in [1.29, 1.82) is 0 Å². The fourth-order valence-corrected chi connectivity index (χ4v) is 3.40. The van der Waals surface area contributed by atoms with Gasteiger partial charge in [0.15, 0.2) is 0 Å². The Morgan fingerprint density at radius 1 is 1.42 bits per heavy atom. The lowest BCUT2D eigenvalue weighted by Crippen LogP contribution is -2.11. The van der Waals surface area contributed by atoms with Crippen LogP contribution in [0.15, 0.2) is 40.2 Å². The van der Waals surface area contributed by atoms with Crippen molar-refractivity contribution < 1.29 is 14.1 Å². The molecule has 0 atom stereocenters. The molecule has 2 aromatic heterocycles. The largest absolute Gasteiger partial charge is 0.390 e. The third-order valence-electron chi connectivity index (χ3n) is 3.54. The smallest absolute Gasteiger partial charge is 0.358 e. The van der Waals surface area contributed by atoms with Gasteiger partial charge in [-0.2, -0.15) is 4.68 Å². The number of hydrogen-bond donors (Lipinski definition) is 1. The van der Waals surface area contributed by atoms with Gasteiger partial charge in [-0.25, -0.2) is 4.39 Å². The normalized spacial score (nSPS) is 10.7. The van der Waals surface area contributed by atoms with Gasteiger partial charge in [-0.15, -0.1) is 11.3 Å². The van der Waals surface area contributed by atoms with Crippen LogP contribution in [0.1, 0.15) is 20.9 Å². The average molecular weight is 439 g/mol. The van der Waals surface area contributed by atoms with Crippen LogP contribution in [0.3, 0.4) is 0 Å². The number of nitro groups is 1. The number of amides is 1. The van der Waals surface area contributed by atoms with Crippen molar-refractivity contribution in [2.75, 3.05) is 5.32 Å². The Hall–Kier alpha value is -2.59. The summed E-state index contributed by atoms with van der Waals surface area (Å²) in [5.74, 6) is -1.18. The van der Waals surface area contributed by atoms with Crippen LogP contribution >= 0.6 is 27.3 Å². The Morgan fingerprint density at radius 2 is 2.19 bits per heavy atom. The van der Waals surface area contributed by atoms with Crippen molar-refractivity contribution in [2.24, 2.45) is 0 Å². The Balaban J connectivity index is 1.73. The number of nitrogens with one attached hydrogen (secondary N) is 1. The highest BCUT2D eigenvalue weighted by molar-refractivity contribution is 9.10. The number of hydrogen-bond acceptors (Lipinski definition) is 5. The summed E-state index contributed by atoms with van der Waals surface area (Å²) < 4.78 is 15.9. The van der Waals surface area contributed by atoms with Gasteiger partial charge < -0.3 is 15.4 Å². The molecule has 10 heteroatoms. The van der Waals surface area contributed by atoms with E-state index in [9.17, 15) is 19.3 Å². The van der Waals surface area contributed by atoms with Gasteiger partial charge in [-0.05, 0) is 47.1 Å². The number of thiophene rings is 1. The molecule has 1 amide bonds. The predicted molar refractivity (Wildman–Crippen MR) is 99.1 cm³/mol. The second-order valence-corrected chi connectivity index (χ2v) is 7.28. The van der Waals surface area contributed by atoms with E-state index in [4.69, 9.17) is 0 Å². The van der Waals surface area contributed by atoms with Crippen LogP contribution in [0.4, 0.5) is 15.9 Å². The zero-order valence-corrected chi connectivity index (χ0v) is 15.8. The van der Waals surface area contributed by atoms with Gasteiger partial charge in [-0.1, -0.05) is 15.9 Å². The minimum absolute atomic E-state index is 0.0895.